The van der Waals surface area contributed by atoms with Crippen molar-refractivity contribution in [2.45, 2.75) is 26.2 Å². The van der Waals surface area contributed by atoms with Gasteiger partial charge >= 0.3 is 0 Å². The molecule has 16 aromatic carbocycles. The standard InChI is InChI=1S/C100H66BN5O/c1-100(2,3)64-54-95-97-96(55-64)107-99-83(72-33-13-12-31-70(72)62-28-8-5-9-29-62)52-63(71-32-11-10-30-69(71)61-26-6-4-7-27-61)53-85(99)101(97)84-60-68(105-91-45-25-19-39-78(91)80-57-66(47-50-93(80)105)103-88-42-22-16-36-75(88)76-37-17-23-43-89(76)103)59-82-81-58-67(48-51-94(81)106(95)98(82)84)104-90-44-24-18-38-77(90)79-56-65(46-49-92(79)104)102-86-40-20-14-34-73(86)74-35-15-21-41-87(74)102/h4-60H,1-3H3. The Balaban J connectivity index is 0.827. The molecule has 0 saturated heterocycles. The molecule has 0 N–H and O–H groups in total. The maximum absolute atomic E-state index is 7.95. The minimum Gasteiger partial charge on any atom is -0.458 e. The Hall–Kier alpha value is -13.6. The van der Waals surface area contributed by atoms with Crippen LogP contribution in [-0.4, -0.2) is 29.5 Å². The van der Waals surface area contributed by atoms with Crippen LogP contribution in [0.25, 0.3) is 182 Å². The summed E-state index contributed by atoms with van der Waals surface area (Å²) in [7, 11) is 0. The highest BCUT2D eigenvalue weighted by Gasteiger charge is 2.44. The molecular formula is C100H66BN5O. The molecule has 2 aliphatic rings. The molecule has 0 bridgehead atoms. The van der Waals surface area contributed by atoms with Crippen molar-refractivity contribution in [1.29, 1.82) is 0 Å². The number of hydrogen-bond donors (Lipinski definition) is 0. The third kappa shape index (κ3) is 8.65. The number of benzene rings is 16. The Kier molecular flexibility index (Phi) is 12.6. The van der Waals surface area contributed by atoms with Crippen LogP contribution in [0.4, 0.5) is 0 Å². The maximum Gasteiger partial charge on any atom is 0.256 e. The van der Waals surface area contributed by atoms with Crippen LogP contribution in [-0.2, 0) is 5.41 Å². The fourth-order valence-electron chi connectivity index (χ4n) is 18.8. The highest BCUT2D eigenvalue weighted by Crippen LogP contribution is 2.49. The monoisotopic (exact) mass is 1360 g/mol. The van der Waals surface area contributed by atoms with Crippen LogP contribution >= 0.6 is 0 Å². The number of ether oxygens (including phenoxy) is 1. The molecule has 0 aliphatic carbocycles. The first kappa shape index (κ1) is 59.9. The second kappa shape index (κ2) is 22.4. The van der Waals surface area contributed by atoms with Crippen LogP contribution in [0, 0.1) is 0 Å². The largest absolute Gasteiger partial charge is 0.458 e. The van der Waals surface area contributed by atoms with Crippen molar-refractivity contribution in [3.8, 4) is 84.4 Å². The number of para-hydroxylation sites is 6. The SMILES string of the molecule is CC(C)(C)c1cc2c3c(c1)-n1c4ccc(-n5c6ccccc6c6cc(-n7c8ccccc8c8ccccc87)ccc65)cc4c4cc(-n5c6ccccc6c6cc(-n7c8ccccc8c8ccccc87)ccc65)cc(c41)B3c1cc(-c3ccccc3-c3ccccc3)cc(-c3ccccc3-c3ccccc3)c1O2. The number of hydrogen-bond acceptors (Lipinski definition) is 1. The van der Waals surface area contributed by atoms with Gasteiger partial charge in [0, 0.05) is 93.4 Å². The molecule has 7 heterocycles. The van der Waals surface area contributed by atoms with Crippen LogP contribution in [0.1, 0.15) is 26.3 Å². The molecule has 23 rings (SSSR count). The molecule has 500 valence electrons. The van der Waals surface area contributed by atoms with E-state index in [1.165, 1.54) is 104 Å². The fraction of sp³-hybridized carbons (Fsp3) is 0.0400. The second-order valence-electron chi connectivity index (χ2n) is 30.3. The average Bonchev–Trinajstić information content (AvgIpc) is 1.67. The number of aromatic nitrogens is 5. The van der Waals surface area contributed by atoms with Gasteiger partial charge in [-0.25, -0.2) is 0 Å². The first-order valence-corrected chi connectivity index (χ1v) is 37.2. The highest BCUT2D eigenvalue weighted by atomic mass is 16.5. The van der Waals surface area contributed by atoms with Crippen LogP contribution in [0.2, 0.25) is 0 Å². The van der Waals surface area contributed by atoms with E-state index in [1.54, 1.807) is 0 Å². The van der Waals surface area contributed by atoms with E-state index < -0.39 is 0 Å². The number of fused-ring (bicyclic) bond motifs is 19. The molecule has 21 aromatic rings. The molecule has 0 unspecified atom stereocenters. The Morgan fingerprint density at radius 2 is 0.607 bits per heavy atom. The zero-order chi connectivity index (χ0) is 70.5. The van der Waals surface area contributed by atoms with E-state index in [0.29, 0.717) is 0 Å². The van der Waals surface area contributed by atoms with Crippen molar-refractivity contribution in [2.24, 2.45) is 0 Å². The lowest BCUT2D eigenvalue weighted by Gasteiger charge is -2.36. The zero-order valence-electron chi connectivity index (χ0n) is 59.1. The van der Waals surface area contributed by atoms with Crippen molar-refractivity contribution < 1.29 is 4.74 Å². The summed E-state index contributed by atoms with van der Waals surface area (Å²) in [6.07, 6.45) is 0. The van der Waals surface area contributed by atoms with Crippen molar-refractivity contribution in [2.75, 3.05) is 0 Å². The lowest BCUT2D eigenvalue weighted by molar-refractivity contribution is 0.484. The van der Waals surface area contributed by atoms with Crippen molar-refractivity contribution >= 4 is 132 Å². The van der Waals surface area contributed by atoms with Gasteiger partial charge in [0.15, 0.2) is 0 Å². The van der Waals surface area contributed by atoms with Crippen molar-refractivity contribution in [1.82, 2.24) is 22.8 Å². The van der Waals surface area contributed by atoms with Gasteiger partial charge in [-0.3, -0.25) is 0 Å². The second-order valence-corrected chi connectivity index (χ2v) is 30.3. The van der Waals surface area contributed by atoms with E-state index in [0.717, 1.165) is 112 Å². The van der Waals surface area contributed by atoms with Gasteiger partial charge in [0.2, 0.25) is 0 Å². The molecule has 0 saturated carbocycles. The molecule has 107 heavy (non-hydrogen) atoms. The summed E-state index contributed by atoms with van der Waals surface area (Å²) in [5, 5.41) is 12.1. The van der Waals surface area contributed by atoms with Crippen LogP contribution in [0.15, 0.2) is 346 Å². The van der Waals surface area contributed by atoms with Crippen molar-refractivity contribution in [3.63, 3.8) is 0 Å². The fourth-order valence-corrected chi connectivity index (χ4v) is 18.8. The van der Waals surface area contributed by atoms with Gasteiger partial charge in [0.1, 0.15) is 11.5 Å². The number of rotatable bonds is 8. The molecule has 0 atom stereocenters. The van der Waals surface area contributed by atoms with Gasteiger partial charge in [-0.15, -0.1) is 0 Å². The summed E-state index contributed by atoms with van der Waals surface area (Å²) in [6, 6.07) is 129. The Morgan fingerprint density at radius 3 is 1.07 bits per heavy atom. The highest BCUT2D eigenvalue weighted by molar-refractivity contribution is 6.99. The molecule has 0 fully saturated rings. The average molecular weight is 1360 g/mol. The van der Waals surface area contributed by atoms with Gasteiger partial charge in [0.25, 0.3) is 6.71 Å². The number of nitrogens with zero attached hydrogens (tertiary/aromatic N) is 5. The zero-order valence-corrected chi connectivity index (χ0v) is 59.1. The van der Waals surface area contributed by atoms with Gasteiger partial charge in [-0.1, -0.05) is 245 Å². The van der Waals surface area contributed by atoms with E-state index in [-0.39, 0.29) is 12.1 Å². The van der Waals surface area contributed by atoms with E-state index in [1.807, 2.05) is 0 Å². The van der Waals surface area contributed by atoms with Gasteiger partial charge < -0.3 is 27.6 Å². The summed E-state index contributed by atoms with van der Waals surface area (Å²) in [6.45, 7) is 6.71. The summed E-state index contributed by atoms with van der Waals surface area (Å²) >= 11 is 0. The van der Waals surface area contributed by atoms with Gasteiger partial charge in [0.05, 0.1) is 49.7 Å². The van der Waals surface area contributed by atoms with Crippen LogP contribution in [0.3, 0.4) is 0 Å². The topological polar surface area (TPSA) is 33.9 Å². The minimum absolute atomic E-state index is 0.242. The Labute approximate surface area is 617 Å². The molecule has 7 heteroatoms. The predicted octanol–water partition coefficient (Wildman–Crippen LogP) is 24.1. The summed E-state index contributed by atoms with van der Waals surface area (Å²) in [5.41, 5.74) is 30.8. The third-order valence-corrected chi connectivity index (χ3v) is 23.5. The lowest BCUT2D eigenvalue weighted by Crippen LogP contribution is -2.58. The third-order valence-electron chi connectivity index (χ3n) is 23.5. The first-order chi connectivity index (χ1) is 52.7. The van der Waals surface area contributed by atoms with E-state index in [2.05, 4.69) is 389 Å². The Bertz CT molecular complexity index is 7290. The van der Waals surface area contributed by atoms with E-state index in [9.17, 15) is 0 Å². The molecule has 0 radical (unpaired) electrons. The molecule has 0 spiro atoms. The molecular weight excluding hydrogens is 1300 g/mol. The summed E-state index contributed by atoms with van der Waals surface area (Å²) < 4.78 is 20.5. The molecule has 5 aromatic heterocycles. The van der Waals surface area contributed by atoms with E-state index >= 15 is 0 Å². The molecule has 2 aliphatic heterocycles. The van der Waals surface area contributed by atoms with Gasteiger partial charge in [-0.2, -0.15) is 0 Å². The predicted molar refractivity (Wildman–Crippen MR) is 450 cm³/mol. The maximum atomic E-state index is 7.95. The van der Waals surface area contributed by atoms with Crippen LogP contribution in [0.5, 0.6) is 11.5 Å². The van der Waals surface area contributed by atoms with E-state index in [4.69, 9.17) is 4.74 Å². The first-order valence-electron chi connectivity index (χ1n) is 37.2. The lowest BCUT2D eigenvalue weighted by atomic mass is 9.34. The molecule has 6 nitrogen and oxygen atoms in total. The van der Waals surface area contributed by atoms with Crippen molar-refractivity contribution in [3.05, 3.63) is 351 Å². The van der Waals surface area contributed by atoms with Crippen LogP contribution < -0.4 is 21.1 Å². The normalized spacial score (nSPS) is 12.7. The smallest absolute Gasteiger partial charge is 0.256 e. The Morgan fingerprint density at radius 1 is 0.252 bits per heavy atom. The summed E-state index contributed by atoms with van der Waals surface area (Å²) in [4.78, 5) is 0. The molecule has 0 amide bonds. The quantitative estimate of drug-likeness (QED) is 0.140. The minimum atomic E-state index is -0.293. The summed E-state index contributed by atoms with van der Waals surface area (Å²) in [5.74, 6) is 1.75. The van der Waals surface area contributed by atoms with Gasteiger partial charge in [-0.05, 0) is 188 Å².